The van der Waals surface area contributed by atoms with Crippen molar-refractivity contribution in [2.75, 3.05) is 10.6 Å². The summed E-state index contributed by atoms with van der Waals surface area (Å²) in [7, 11) is -2.50. The molecule has 3 amide bonds. The van der Waals surface area contributed by atoms with E-state index in [1.165, 1.54) is 6.92 Å². The van der Waals surface area contributed by atoms with Crippen molar-refractivity contribution < 1.29 is 27.5 Å². The summed E-state index contributed by atoms with van der Waals surface area (Å²) in [5, 5.41) is 8.55. The first kappa shape index (κ1) is 29.8. The van der Waals surface area contributed by atoms with Crippen LogP contribution in [0.1, 0.15) is 59.8 Å². The van der Waals surface area contributed by atoms with E-state index in [9.17, 15) is 22.8 Å². The van der Waals surface area contributed by atoms with E-state index in [0.29, 0.717) is 39.8 Å². The second kappa shape index (κ2) is 13.3. The van der Waals surface area contributed by atoms with Crippen molar-refractivity contribution in [1.82, 2.24) is 10.3 Å². The van der Waals surface area contributed by atoms with Gasteiger partial charge < -0.3 is 15.4 Å². The summed E-state index contributed by atoms with van der Waals surface area (Å²) in [6, 6.07) is 14.3. The van der Waals surface area contributed by atoms with Gasteiger partial charge in [0.05, 0.1) is 11.4 Å². The van der Waals surface area contributed by atoms with Gasteiger partial charge in [-0.15, -0.1) is 0 Å². The van der Waals surface area contributed by atoms with Gasteiger partial charge in [-0.3, -0.25) is 14.9 Å². The lowest BCUT2D eigenvalue weighted by Gasteiger charge is -2.19. The van der Waals surface area contributed by atoms with Crippen molar-refractivity contribution in [3.8, 4) is 0 Å². The van der Waals surface area contributed by atoms with Gasteiger partial charge in [0, 0.05) is 19.2 Å². The Hall–Kier alpha value is -3.77. The van der Waals surface area contributed by atoms with Crippen LogP contribution in [0.2, 0.25) is 0 Å². The Bertz CT molecular complexity index is 1380. The molecule has 2 aromatic carbocycles. The van der Waals surface area contributed by atoms with Crippen molar-refractivity contribution >= 4 is 50.8 Å². The molecule has 0 aliphatic carbocycles. The molecule has 3 aromatic rings. The summed E-state index contributed by atoms with van der Waals surface area (Å²) >= 11 is 1.11. The average molecular weight is 573 g/mol. The molecule has 0 unspecified atom stereocenters. The van der Waals surface area contributed by atoms with E-state index in [-0.39, 0.29) is 24.1 Å². The van der Waals surface area contributed by atoms with Crippen LogP contribution in [0.25, 0.3) is 0 Å². The molecule has 3 rings (SSSR count). The fourth-order valence-corrected chi connectivity index (χ4v) is 5.00. The Kier molecular flexibility index (Phi) is 10.2. The highest BCUT2D eigenvalue weighted by atomic mass is 32.2. The molecule has 0 radical (unpaired) electrons. The Morgan fingerprint density at radius 3 is 2.10 bits per heavy atom. The molecule has 0 aliphatic rings. The molecule has 0 spiro atoms. The fraction of sp³-hybridized carbons (Fsp3) is 0.333. The van der Waals surface area contributed by atoms with Crippen LogP contribution in [-0.2, 0) is 45.4 Å². The van der Waals surface area contributed by atoms with E-state index in [2.05, 4.69) is 20.9 Å². The number of nitrogens with one attached hydrogen (secondary N) is 3. The lowest BCUT2D eigenvalue weighted by atomic mass is 10.1. The highest BCUT2D eigenvalue weighted by Gasteiger charge is 2.19. The van der Waals surface area contributed by atoms with Gasteiger partial charge in [0.25, 0.3) is 5.91 Å². The molecule has 1 heterocycles. The number of rotatable bonds is 10. The number of hydrogen-bond acceptors (Lipinski definition) is 8. The molecule has 0 fully saturated rings. The number of anilines is 2. The zero-order valence-corrected chi connectivity index (χ0v) is 23.9. The van der Waals surface area contributed by atoms with Crippen molar-refractivity contribution in [2.45, 2.75) is 58.4 Å². The lowest BCUT2D eigenvalue weighted by Crippen LogP contribution is -2.27. The normalized spacial score (nSPS) is 11.2. The van der Waals surface area contributed by atoms with Gasteiger partial charge in [-0.2, -0.15) is 0 Å². The topological polar surface area (TPSA) is 144 Å². The zero-order valence-electron chi connectivity index (χ0n) is 22.2. The van der Waals surface area contributed by atoms with Crippen LogP contribution in [0.15, 0.2) is 48.5 Å². The minimum atomic E-state index is -2.50. The Labute approximate surface area is 233 Å². The Morgan fingerprint density at radius 1 is 0.897 bits per heavy atom. The monoisotopic (exact) mass is 572 g/mol. The van der Waals surface area contributed by atoms with Crippen LogP contribution in [-0.4, -0.2) is 36.9 Å². The van der Waals surface area contributed by atoms with Crippen LogP contribution in [0.3, 0.4) is 0 Å². The molecule has 39 heavy (non-hydrogen) atoms. The van der Waals surface area contributed by atoms with Gasteiger partial charge in [0.2, 0.25) is 5.91 Å². The fourth-order valence-electron chi connectivity index (χ4n) is 3.52. The quantitative estimate of drug-likeness (QED) is 0.266. The molecule has 10 nitrogen and oxygen atoms in total. The molecule has 0 saturated heterocycles. The third kappa shape index (κ3) is 10.1. The largest absolute Gasteiger partial charge is 0.444 e. The van der Waals surface area contributed by atoms with Crippen LogP contribution in [0.5, 0.6) is 0 Å². The van der Waals surface area contributed by atoms with E-state index in [1.807, 2.05) is 12.1 Å². The number of ether oxygens (including phenoxy) is 1. The molecule has 0 saturated carbocycles. The van der Waals surface area contributed by atoms with Crippen molar-refractivity contribution in [3.63, 3.8) is 0 Å². The summed E-state index contributed by atoms with van der Waals surface area (Å²) in [5.41, 5.74) is 3.05. The van der Waals surface area contributed by atoms with Crippen LogP contribution in [0.4, 0.5) is 15.6 Å². The maximum absolute atomic E-state index is 13.0. The van der Waals surface area contributed by atoms with Crippen LogP contribution in [0, 0.1) is 0 Å². The number of carbonyl (C=O) groups excluding carboxylic acids is 3. The summed E-state index contributed by atoms with van der Waals surface area (Å²) in [4.78, 5) is 41.4. The van der Waals surface area contributed by atoms with Crippen LogP contribution < -0.4 is 16.0 Å². The molecule has 0 aliphatic heterocycles. The highest BCUT2D eigenvalue weighted by molar-refractivity contribution is 7.71. The second-order valence-electron chi connectivity index (χ2n) is 9.79. The standard InChI is InChI=1S/C27H32N4O6S2/c1-17(32)29-25-31-22(14-11-18-9-12-21(13-10-18)30-26(34)37-27(2,3)4)23(38-25)24(33)28-15-19-5-7-20(8-6-19)16-39(35)36/h5-10,12-13,39H,11,14-16H2,1-4H3,(H,28,33)(H,30,34)(H,29,31,32). The van der Waals surface area contributed by atoms with Gasteiger partial charge in [0.15, 0.2) is 5.13 Å². The van der Waals surface area contributed by atoms with E-state index in [1.54, 1.807) is 57.2 Å². The molecule has 0 atom stereocenters. The Morgan fingerprint density at radius 2 is 1.51 bits per heavy atom. The van der Waals surface area contributed by atoms with Gasteiger partial charge in [-0.05, 0) is 62.4 Å². The van der Waals surface area contributed by atoms with Gasteiger partial charge in [-0.1, -0.05) is 47.7 Å². The number of thiol groups is 1. The molecule has 12 heteroatoms. The van der Waals surface area contributed by atoms with Crippen molar-refractivity contribution in [2.24, 2.45) is 0 Å². The molecular formula is C27H32N4O6S2. The lowest BCUT2D eigenvalue weighted by molar-refractivity contribution is -0.114. The van der Waals surface area contributed by atoms with Gasteiger partial charge in [-0.25, -0.2) is 18.2 Å². The number of hydrogen-bond donors (Lipinski definition) is 4. The first-order chi connectivity index (χ1) is 18.4. The van der Waals surface area contributed by atoms with Gasteiger partial charge in [0.1, 0.15) is 21.2 Å². The van der Waals surface area contributed by atoms with E-state index in [0.717, 1.165) is 22.5 Å². The van der Waals surface area contributed by atoms with Crippen LogP contribution >= 0.6 is 11.3 Å². The van der Waals surface area contributed by atoms with E-state index < -0.39 is 22.4 Å². The predicted molar refractivity (Wildman–Crippen MR) is 152 cm³/mol. The van der Waals surface area contributed by atoms with E-state index in [4.69, 9.17) is 4.74 Å². The number of benzene rings is 2. The number of nitrogens with zero attached hydrogens (tertiary/aromatic N) is 1. The summed E-state index contributed by atoms with van der Waals surface area (Å²) in [6.45, 7) is 7.00. The first-order valence-electron chi connectivity index (χ1n) is 12.2. The summed E-state index contributed by atoms with van der Waals surface area (Å²) in [6.07, 6.45) is 0.508. The maximum atomic E-state index is 13.0. The first-order valence-corrected chi connectivity index (χ1v) is 14.4. The Balaban J connectivity index is 1.64. The highest BCUT2D eigenvalue weighted by Crippen LogP contribution is 2.25. The third-order valence-corrected chi connectivity index (χ3v) is 6.86. The number of carbonyl (C=O) groups is 3. The van der Waals surface area contributed by atoms with Gasteiger partial charge >= 0.3 is 6.09 Å². The smallest absolute Gasteiger partial charge is 0.412 e. The molecule has 0 bridgehead atoms. The average Bonchev–Trinajstić information content (AvgIpc) is 3.23. The minimum Gasteiger partial charge on any atom is -0.444 e. The predicted octanol–water partition coefficient (Wildman–Crippen LogP) is 4.28. The number of amides is 3. The number of aryl methyl sites for hydroxylation is 2. The minimum absolute atomic E-state index is 0.0267. The SMILES string of the molecule is CC(=O)Nc1nc(CCc2ccc(NC(=O)OC(C)(C)C)cc2)c(C(=O)NCc2ccc(C[SH](=O)=O)cc2)s1. The summed E-state index contributed by atoms with van der Waals surface area (Å²) < 4.78 is 27.1. The molecular weight excluding hydrogens is 540 g/mol. The number of aromatic nitrogens is 1. The summed E-state index contributed by atoms with van der Waals surface area (Å²) in [5.74, 6) is -0.626. The second-order valence-corrected chi connectivity index (χ2v) is 11.8. The van der Waals surface area contributed by atoms with Crippen molar-refractivity contribution in [3.05, 3.63) is 75.8 Å². The molecule has 208 valence electrons. The maximum Gasteiger partial charge on any atom is 0.412 e. The van der Waals surface area contributed by atoms with E-state index >= 15 is 0 Å². The third-order valence-electron chi connectivity index (χ3n) is 5.22. The molecule has 1 aromatic heterocycles. The van der Waals surface area contributed by atoms with Crippen molar-refractivity contribution in [1.29, 1.82) is 0 Å². The zero-order chi connectivity index (χ0) is 28.6. The molecule has 3 N–H and O–H groups in total. The number of thiazole rings is 1.